The molecule has 2 aliphatic carbocycles. The number of aliphatic imine (C=N–C) groups is 1. The van der Waals surface area contributed by atoms with Gasteiger partial charge in [-0.15, -0.1) is 24.0 Å². The van der Waals surface area contributed by atoms with Gasteiger partial charge in [-0.25, -0.2) is 8.78 Å². The van der Waals surface area contributed by atoms with Gasteiger partial charge in [0.25, 0.3) is 0 Å². The van der Waals surface area contributed by atoms with Crippen LogP contribution in [0.4, 0.5) is 8.78 Å². The summed E-state index contributed by atoms with van der Waals surface area (Å²) < 4.78 is 27.1. The minimum Gasteiger partial charge on any atom is -0.357 e. The molecular weight excluding hydrogens is 529 g/mol. The maximum absolute atomic E-state index is 13.8. The molecular formula is C23H29F2IN4O2. The zero-order valence-corrected chi connectivity index (χ0v) is 20.4. The quantitative estimate of drug-likeness (QED) is 0.129. The lowest BCUT2D eigenvalue weighted by molar-refractivity contribution is -0.140. The van der Waals surface area contributed by atoms with E-state index in [-0.39, 0.29) is 59.5 Å². The summed E-state index contributed by atoms with van der Waals surface area (Å²) >= 11 is 0. The summed E-state index contributed by atoms with van der Waals surface area (Å²) in [6.07, 6.45) is 6.02. The summed E-state index contributed by atoms with van der Waals surface area (Å²) in [5.74, 6) is -1.03. The summed E-state index contributed by atoms with van der Waals surface area (Å²) in [5, 5.41) is 6.22. The molecule has 3 aliphatic rings. The van der Waals surface area contributed by atoms with E-state index in [9.17, 15) is 18.4 Å². The molecule has 32 heavy (non-hydrogen) atoms. The first-order valence-electron chi connectivity index (χ1n) is 11.0. The number of benzene rings is 1. The molecule has 4 unspecified atom stereocenters. The highest BCUT2D eigenvalue weighted by Crippen LogP contribution is 2.52. The van der Waals surface area contributed by atoms with Gasteiger partial charge in [0.15, 0.2) is 17.6 Å². The molecule has 2 N–H and O–H groups in total. The van der Waals surface area contributed by atoms with Crippen molar-refractivity contribution in [1.82, 2.24) is 15.5 Å². The van der Waals surface area contributed by atoms with Crippen molar-refractivity contribution >= 4 is 41.8 Å². The fourth-order valence-corrected chi connectivity index (χ4v) is 5.00. The molecule has 4 atom stereocenters. The van der Waals surface area contributed by atoms with E-state index in [2.05, 4.69) is 27.8 Å². The number of fused-ring (bicyclic) bond motifs is 5. The maximum atomic E-state index is 13.8. The van der Waals surface area contributed by atoms with Gasteiger partial charge in [0.1, 0.15) is 0 Å². The van der Waals surface area contributed by atoms with E-state index < -0.39 is 11.6 Å². The number of imide groups is 1. The average molecular weight is 558 g/mol. The van der Waals surface area contributed by atoms with E-state index in [1.807, 2.05) is 6.92 Å². The molecule has 1 aliphatic heterocycles. The lowest BCUT2D eigenvalue weighted by Gasteiger charge is -2.17. The Kier molecular flexibility index (Phi) is 8.24. The van der Waals surface area contributed by atoms with Crippen LogP contribution < -0.4 is 10.6 Å². The first kappa shape index (κ1) is 24.6. The van der Waals surface area contributed by atoms with Crippen molar-refractivity contribution in [2.75, 3.05) is 26.2 Å². The summed E-state index contributed by atoms with van der Waals surface area (Å²) in [4.78, 5) is 31.3. The number of nitrogens with one attached hydrogen (secondary N) is 2. The number of nitrogens with zero attached hydrogens (tertiary/aromatic N) is 2. The molecule has 2 fully saturated rings. The highest BCUT2D eigenvalue weighted by molar-refractivity contribution is 14.0. The number of amides is 2. The third-order valence-electron chi connectivity index (χ3n) is 6.43. The molecule has 1 saturated heterocycles. The van der Waals surface area contributed by atoms with Crippen LogP contribution >= 0.6 is 24.0 Å². The van der Waals surface area contributed by atoms with Crippen LogP contribution in [0, 0.1) is 35.3 Å². The van der Waals surface area contributed by atoms with Crippen LogP contribution in [0.3, 0.4) is 0 Å². The second-order valence-corrected chi connectivity index (χ2v) is 8.33. The van der Waals surface area contributed by atoms with Crippen molar-refractivity contribution in [2.45, 2.75) is 26.2 Å². The Balaban J connectivity index is 0.00000289. The van der Waals surface area contributed by atoms with Crippen molar-refractivity contribution in [2.24, 2.45) is 28.7 Å². The molecule has 1 aromatic carbocycles. The highest BCUT2D eigenvalue weighted by Gasteiger charge is 2.58. The van der Waals surface area contributed by atoms with Gasteiger partial charge in [-0.1, -0.05) is 24.3 Å². The molecule has 1 aromatic rings. The molecule has 174 valence electrons. The van der Waals surface area contributed by atoms with E-state index >= 15 is 0 Å². The van der Waals surface area contributed by atoms with Crippen LogP contribution in [0.25, 0.3) is 0 Å². The van der Waals surface area contributed by atoms with Gasteiger partial charge in [-0.3, -0.25) is 19.5 Å². The fourth-order valence-electron chi connectivity index (χ4n) is 5.00. The minimum atomic E-state index is -0.850. The topological polar surface area (TPSA) is 73.8 Å². The molecule has 1 heterocycles. The normalized spacial score (nSPS) is 25.8. The van der Waals surface area contributed by atoms with Crippen LogP contribution in [-0.4, -0.2) is 48.9 Å². The zero-order valence-electron chi connectivity index (χ0n) is 18.0. The minimum absolute atomic E-state index is 0. The van der Waals surface area contributed by atoms with E-state index in [0.717, 1.165) is 12.5 Å². The van der Waals surface area contributed by atoms with Crippen LogP contribution in [0.15, 0.2) is 35.3 Å². The number of guanidine groups is 1. The first-order valence-corrected chi connectivity index (χ1v) is 11.0. The second-order valence-electron chi connectivity index (χ2n) is 8.33. The van der Waals surface area contributed by atoms with E-state index in [1.54, 1.807) is 6.07 Å². The number of hydrogen-bond donors (Lipinski definition) is 2. The summed E-state index contributed by atoms with van der Waals surface area (Å²) in [6, 6.07) is 4.15. The van der Waals surface area contributed by atoms with Crippen molar-refractivity contribution in [1.29, 1.82) is 0 Å². The number of halogens is 3. The SMILES string of the molecule is CCNC(=NCCCN1C(=O)C2C3C=CC(C3)C2C1=O)NCCc1cccc(F)c1F.I. The monoisotopic (exact) mass is 558 g/mol. The van der Waals surface area contributed by atoms with Crippen molar-refractivity contribution in [3.8, 4) is 0 Å². The predicted molar refractivity (Wildman–Crippen MR) is 129 cm³/mol. The molecule has 2 amide bonds. The first-order chi connectivity index (χ1) is 15.0. The Hall–Kier alpha value is -2.04. The van der Waals surface area contributed by atoms with E-state index in [0.29, 0.717) is 50.5 Å². The van der Waals surface area contributed by atoms with Gasteiger partial charge >= 0.3 is 0 Å². The van der Waals surface area contributed by atoms with E-state index in [4.69, 9.17) is 0 Å². The van der Waals surface area contributed by atoms with Crippen LogP contribution in [0.2, 0.25) is 0 Å². The third kappa shape index (κ3) is 4.82. The fraction of sp³-hybridized carbons (Fsp3) is 0.522. The molecule has 6 nitrogen and oxygen atoms in total. The lowest BCUT2D eigenvalue weighted by atomic mass is 9.85. The standard InChI is InChI=1S/C23H28F2N4O2.HI/c1-2-26-23(28-11-9-14-5-3-6-17(24)20(14)25)27-10-4-12-29-21(30)18-15-7-8-16(13-15)19(18)22(29)31;/h3,5-8,15-16,18-19H,2,4,9-13H2,1H3,(H2,26,27,28);1H. The molecule has 4 rings (SSSR count). The Morgan fingerprint density at radius 1 is 1.12 bits per heavy atom. The van der Waals surface area contributed by atoms with Crippen molar-refractivity contribution in [3.05, 3.63) is 47.5 Å². The predicted octanol–water partition coefficient (Wildman–Crippen LogP) is 2.88. The third-order valence-corrected chi connectivity index (χ3v) is 6.43. The molecule has 2 bridgehead atoms. The Bertz CT molecular complexity index is 893. The Morgan fingerprint density at radius 2 is 1.81 bits per heavy atom. The van der Waals surface area contributed by atoms with Crippen molar-refractivity contribution in [3.63, 3.8) is 0 Å². The second kappa shape index (κ2) is 10.7. The summed E-state index contributed by atoms with van der Waals surface area (Å²) in [7, 11) is 0. The van der Waals surface area contributed by atoms with Gasteiger partial charge in [-0.2, -0.15) is 0 Å². The Morgan fingerprint density at radius 3 is 2.47 bits per heavy atom. The van der Waals surface area contributed by atoms with Gasteiger partial charge in [0, 0.05) is 26.2 Å². The lowest BCUT2D eigenvalue weighted by Crippen LogP contribution is -2.38. The van der Waals surface area contributed by atoms with Crippen molar-refractivity contribution < 1.29 is 18.4 Å². The van der Waals surface area contributed by atoms with Crippen LogP contribution in [0.5, 0.6) is 0 Å². The zero-order chi connectivity index (χ0) is 22.0. The van der Waals surface area contributed by atoms with Gasteiger partial charge in [0.05, 0.1) is 11.8 Å². The van der Waals surface area contributed by atoms with Gasteiger partial charge in [0.2, 0.25) is 11.8 Å². The molecule has 0 radical (unpaired) electrons. The summed E-state index contributed by atoms with van der Waals surface area (Å²) in [6.45, 7) is 3.81. The largest absolute Gasteiger partial charge is 0.357 e. The smallest absolute Gasteiger partial charge is 0.233 e. The highest BCUT2D eigenvalue weighted by atomic mass is 127. The number of likely N-dealkylation sites (tertiary alicyclic amines) is 1. The van der Waals surface area contributed by atoms with Crippen LogP contribution in [0.1, 0.15) is 25.3 Å². The number of allylic oxidation sites excluding steroid dienone is 2. The van der Waals surface area contributed by atoms with Gasteiger partial charge < -0.3 is 10.6 Å². The van der Waals surface area contributed by atoms with Crippen LogP contribution in [-0.2, 0) is 16.0 Å². The average Bonchev–Trinajstić information content (AvgIpc) is 3.43. The number of rotatable bonds is 8. The number of carbonyl (C=O) groups excluding carboxylic acids is 2. The van der Waals surface area contributed by atoms with Gasteiger partial charge in [-0.05, 0) is 49.7 Å². The molecule has 9 heteroatoms. The van der Waals surface area contributed by atoms with E-state index in [1.165, 1.54) is 11.0 Å². The summed E-state index contributed by atoms with van der Waals surface area (Å²) in [5.41, 5.74) is 0.309. The Labute approximate surface area is 203 Å². The molecule has 0 aromatic heterocycles. The molecule has 0 spiro atoms. The maximum Gasteiger partial charge on any atom is 0.233 e. The number of carbonyl (C=O) groups is 2. The molecule has 1 saturated carbocycles. The number of hydrogen-bond acceptors (Lipinski definition) is 3.